The summed E-state index contributed by atoms with van der Waals surface area (Å²) in [6, 6.07) is 5.24. The standard InChI is InChI=1S/C22H11F8N3O5/c23-11-3-2-8-31-17(11)16(10-6-7-15(12(24)9-10)38-22(28,29)30)33-18(34)13-4-1-5-14(32-13)19(35)37-20(36)21(25,26)27/h1-9,16H,(H,33,34). The average molecular weight is 549 g/mol. The van der Waals surface area contributed by atoms with Crippen molar-refractivity contribution in [3.8, 4) is 5.75 Å². The highest BCUT2D eigenvalue weighted by Gasteiger charge is 2.43. The molecule has 200 valence electrons. The molecule has 0 bridgehead atoms. The van der Waals surface area contributed by atoms with Crippen LogP contribution in [0.25, 0.3) is 0 Å². The van der Waals surface area contributed by atoms with Crippen molar-refractivity contribution in [1.29, 1.82) is 0 Å². The maximum Gasteiger partial charge on any atom is 0.573 e. The van der Waals surface area contributed by atoms with Crippen LogP contribution in [0.4, 0.5) is 35.1 Å². The quantitative estimate of drug-likeness (QED) is 0.276. The summed E-state index contributed by atoms with van der Waals surface area (Å²) in [5, 5.41) is 2.20. The van der Waals surface area contributed by atoms with Gasteiger partial charge in [0.1, 0.15) is 22.9 Å². The molecule has 8 nitrogen and oxygen atoms in total. The highest BCUT2D eigenvalue weighted by molar-refractivity contribution is 5.98. The van der Waals surface area contributed by atoms with Gasteiger partial charge >= 0.3 is 24.5 Å². The van der Waals surface area contributed by atoms with Gasteiger partial charge in [0.2, 0.25) is 0 Å². The second-order valence-corrected chi connectivity index (χ2v) is 7.10. The van der Waals surface area contributed by atoms with Gasteiger partial charge in [0.15, 0.2) is 11.6 Å². The number of nitrogens with one attached hydrogen (secondary N) is 1. The number of pyridine rings is 2. The van der Waals surface area contributed by atoms with E-state index in [0.29, 0.717) is 12.1 Å². The summed E-state index contributed by atoms with van der Waals surface area (Å²) in [5.41, 5.74) is -2.32. The van der Waals surface area contributed by atoms with E-state index in [9.17, 15) is 49.5 Å². The number of amides is 1. The van der Waals surface area contributed by atoms with Crippen LogP contribution in [0.15, 0.2) is 54.7 Å². The van der Waals surface area contributed by atoms with E-state index in [-0.39, 0.29) is 5.56 Å². The Morgan fingerprint density at radius 3 is 2.16 bits per heavy atom. The van der Waals surface area contributed by atoms with Crippen LogP contribution in [0.1, 0.15) is 38.3 Å². The number of ether oxygens (including phenoxy) is 2. The molecule has 2 heterocycles. The van der Waals surface area contributed by atoms with Gasteiger partial charge in [0, 0.05) is 6.20 Å². The predicted molar refractivity (Wildman–Crippen MR) is 107 cm³/mol. The molecule has 2 aromatic heterocycles. The molecule has 0 aliphatic rings. The van der Waals surface area contributed by atoms with Gasteiger partial charge in [-0.05, 0) is 42.0 Å². The Balaban J connectivity index is 1.93. The van der Waals surface area contributed by atoms with Gasteiger partial charge in [-0.3, -0.25) is 9.78 Å². The van der Waals surface area contributed by atoms with Crippen LogP contribution in [0, 0.1) is 11.6 Å². The van der Waals surface area contributed by atoms with Crippen molar-refractivity contribution in [2.45, 2.75) is 18.6 Å². The Morgan fingerprint density at radius 2 is 1.55 bits per heavy atom. The molecule has 38 heavy (non-hydrogen) atoms. The van der Waals surface area contributed by atoms with Gasteiger partial charge < -0.3 is 14.8 Å². The van der Waals surface area contributed by atoms with Gasteiger partial charge in [0.05, 0.1) is 6.04 Å². The number of esters is 2. The minimum atomic E-state index is -5.49. The molecule has 3 rings (SSSR count). The van der Waals surface area contributed by atoms with E-state index in [0.717, 1.165) is 36.5 Å². The number of carbonyl (C=O) groups excluding carboxylic acids is 3. The highest BCUT2D eigenvalue weighted by atomic mass is 19.4. The molecule has 0 saturated carbocycles. The summed E-state index contributed by atoms with van der Waals surface area (Å²) in [7, 11) is 0. The van der Waals surface area contributed by atoms with Crippen molar-refractivity contribution in [2.24, 2.45) is 0 Å². The summed E-state index contributed by atoms with van der Waals surface area (Å²) in [6.07, 6.45) is -9.60. The fraction of sp³-hybridized carbons (Fsp3) is 0.136. The van der Waals surface area contributed by atoms with Crippen LogP contribution in [0.5, 0.6) is 5.75 Å². The van der Waals surface area contributed by atoms with Crippen LogP contribution in [-0.4, -0.2) is 40.4 Å². The molecule has 3 aromatic rings. The lowest BCUT2D eigenvalue weighted by Crippen LogP contribution is -2.32. The molecule has 0 radical (unpaired) electrons. The minimum Gasteiger partial charge on any atom is -0.403 e. The van der Waals surface area contributed by atoms with Crippen molar-refractivity contribution < 1.29 is 59.0 Å². The number of halogens is 8. The first-order valence-corrected chi connectivity index (χ1v) is 9.92. The molecule has 1 unspecified atom stereocenters. The van der Waals surface area contributed by atoms with Crippen LogP contribution in [0.3, 0.4) is 0 Å². The first kappa shape index (κ1) is 27.9. The maximum absolute atomic E-state index is 14.5. The van der Waals surface area contributed by atoms with E-state index in [1.54, 1.807) is 0 Å². The zero-order valence-corrected chi connectivity index (χ0v) is 18.2. The highest BCUT2D eigenvalue weighted by Crippen LogP contribution is 2.30. The zero-order chi connectivity index (χ0) is 28.3. The van der Waals surface area contributed by atoms with Crippen LogP contribution >= 0.6 is 0 Å². The lowest BCUT2D eigenvalue weighted by molar-refractivity contribution is -0.275. The number of hydrogen-bond donors (Lipinski definition) is 1. The number of carbonyl (C=O) groups is 3. The first-order valence-electron chi connectivity index (χ1n) is 9.92. The fourth-order valence-corrected chi connectivity index (χ4v) is 2.90. The molecule has 16 heteroatoms. The molecule has 1 N–H and O–H groups in total. The molecule has 1 atom stereocenters. The number of nitrogens with zero attached hydrogens (tertiary/aromatic N) is 2. The Labute approximate surface area is 206 Å². The molecule has 1 amide bonds. The zero-order valence-electron chi connectivity index (χ0n) is 18.2. The maximum atomic E-state index is 14.5. The Bertz CT molecular complexity index is 1380. The molecular formula is C22H11F8N3O5. The molecular weight excluding hydrogens is 538 g/mol. The van der Waals surface area contributed by atoms with Crippen molar-refractivity contribution in [2.75, 3.05) is 0 Å². The van der Waals surface area contributed by atoms with Gasteiger partial charge in [-0.1, -0.05) is 12.1 Å². The van der Waals surface area contributed by atoms with Gasteiger partial charge in [0.25, 0.3) is 5.91 Å². The number of rotatable bonds is 6. The van der Waals surface area contributed by atoms with Crippen LogP contribution in [0.2, 0.25) is 0 Å². The summed E-state index contributed by atoms with van der Waals surface area (Å²) < 4.78 is 110. The number of hydrogen-bond acceptors (Lipinski definition) is 7. The second-order valence-electron chi connectivity index (χ2n) is 7.10. The number of aromatic nitrogens is 2. The van der Waals surface area contributed by atoms with E-state index in [1.807, 2.05) is 0 Å². The lowest BCUT2D eigenvalue weighted by Gasteiger charge is -2.20. The first-order chi connectivity index (χ1) is 17.7. The van der Waals surface area contributed by atoms with Crippen molar-refractivity contribution in [3.05, 3.63) is 89.0 Å². The Morgan fingerprint density at radius 1 is 0.868 bits per heavy atom. The van der Waals surface area contributed by atoms with E-state index < -0.39 is 70.9 Å². The van der Waals surface area contributed by atoms with E-state index in [1.165, 1.54) is 6.07 Å². The fourth-order valence-electron chi connectivity index (χ4n) is 2.90. The van der Waals surface area contributed by atoms with E-state index in [4.69, 9.17) is 0 Å². The van der Waals surface area contributed by atoms with Crippen molar-refractivity contribution in [3.63, 3.8) is 0 Å². The third kappa shape index (κ3) is 6.98. The average Bonchev–Trinajstić information content (AvgIpc) is 2.83. The number of benzene rings is 1. The third-order valence-electron chi connectivity index (χ3n) is 4.46. The van der Waals surface area contributed by atoms with E-state index >= 15 is 0 Å². The summed E-state index contributed by atoms with van der Waals surface area (Å²) in [4.78, 5) is 42.8. The second kappa shape index (κ2) is 10.8. The van der Waals surface area contributed by atoms with Gasteiger partial charge in [-0.2, -0.15) is 13.2 Å². The largest absolute Gasteiger partial charge is 0.573 e. The predicted octanol–water partition coefficient (Wildman–Crippen LogP) is 4.42. The molecule has 0 aliphatic heterocycles. The Kier molecular flexibility index (Phi) is 7.93. The normalized spacial score (nSPS) is 12.4. The van der Waals surface area contributed by atoms with Crippen LogP contribution in [-0.2, 0) is 9.53 Å². The Hall–Kier alpha value is -4.63. The topological polar surface area (TPSA) is 107 Å². The molecule has 0 fully saturated rings. The van der Waals surface area contributed by atoms with Crippen molar-refractivity contribution >= 4 is 17.8 Å². The molecule has 0 spiro atoms. The molecule has 0 aliphatic carbocycles. The van der Waals surface area contributed by atoms with Crippen LogP contribution < -0.4 is 10.1 Å². The van der Waals surface area contributed by atoms with Crippen molar-refractivity contribution in [1.82, 2.24) is 15.3 Å². The minimum absolute atomic E-state index is 0.297. The summed E-state index contributed by atoms with van der Waals surface area (Å²) >= 11 is 0. The van der Waals surface area contributed by atoms with E-state index in [2.05, 4.69) is 24.8 Å². The number of alkyl halides is 6. The summed E-state index contributed by atoms with van der Waals surface area (Å²) in [6.45, 7) is 0. The molecule has 0 saturated heterocycles. The van der Waals surface area contributed by atoms with Gasteiger partial charge in [-0.25, -0.2) is 23.4 Å². The monoisotopic (exact) mass is 549 g/mol. The third-order valence-corrected chi connectivity index (χ3v) is 4.46. The lowest BCUT2D eigenvalue weighted by atomic mass is 10.0. The summed E-state index contributed by atoms with van der Waals surface area (Å²) in [5.74, 6) is -9.61. The smallest absolute Gasteiger partial charge is 0.403 e. The van der Waals surface area contributed by atoms with Gasteiger partial charge in [-0.15, -0.1) is 13.2 Å². The SMILES string of the molecule is O=C(NC(c1ccc(OC(F)(F)F)c(F)c1)c1ncccc1F)c1cccc(C(=O)OC(=O)C(F)(F)F)n1. The molecule has 1 aromatic carbocycles.